The molecule has 1 N–H and O–H groups in total. The molecule has 0 rings (SSSR count). The molecule has 0 aromatic rings. The highest BCUT2D eigenvalue weighted by atomic mass is 16.6. The van der Waals surface area contributed by atoms with Crippen molar-refractivity contribution in [2.24, 2.45) is 5.92 Å². The van der Waals surface area contributed by atoms with Gasteiger partial charge in [-0.25, -0.2) is 0 Å². The molecule has 0 saturated carbocycles. The summed E-state index contributed by atoms with van der Waals surface area (Å²) < 4.78 is 21.4. The first-order valence-electron chi connectivity index (χ1n) is 9.23. The summed E-state index contributed by atoms with van der Waals surface area (Å²) in [6.45, 7) is 9.33. The van der Waals surface area contributed by atoms with E-state index in [1.165, 1.54) is 32.1 Å². The fraction of sp³-hybridized carbons (Fsp3) is 1.00. The highest BCUT2D eigenvalue weighted by Gasteiger charge is 2.01. The van der Waals surface area contributed by atoms with E-state index in [-0.39, 0.29) is 6.61 Å². The molecule has 0 aliphatic rings. The molecule has 140 valence electrons. The maximum Gasteiger partial charge on any atom is 0.0701 e. The van der Waals surface area contributed by atoms with Gasteiger partial charge in [0, 0.05) is 6.61 Å². The molecule has 0 fully saturated rings. The topological polar surface area (TPSA) is 57.2 Å². The minimum atomic E-state index is 0.0564. The average molecular weight is 334 g/mol. The maximum atomic E-state index is 8.52. The normalized spacial score (nSPS) is 12.7. The van der Waals surface area contributed by atoms with Crippen LogP contribution in [0.5, 0.6) is 0 Å². The smallest absolute Gasteiger partial charge is 0.0701 e. The van der Waals surface area contributed by atoms with Gasteiger partial charge in [0.1, 0.15) is 0 Å². The molecular weight excluding hydrogens is 296 g/mol. The van der Waals surface area contributed by atoms with Gasteiger partial charge in [-0.05, 0) is 18.8 Å². The molecule has 5 heteroatoms. The van der Waals surface area contributed by atoms with Crippen LogP contribution in [0.1, 0.15) is 52.4 Å². The van der Waals surface area contributed by atoms with Gasteiger partial charge in [-0.15, -0.1) is 0 Å². The van der Waals surface area contributed by atoms with E-state index in [4.69, 9.17) is 24.1 Å². The highest BCUT2D eigenvalue weighted by molar-refractivity contribution is 4.53. The number of unbranched alkanes of at least 4 members (excludes halogenated alkanes) is 2. The van der Waals surface area contributed by atoms with Crippen LogP contribution in [-0.4, -0.2) is 64.6 Å². The third-order valence-electron chi connectivity index (χ3n) is 3.64. The number of aliphatic hydroxyl groups excluding tert-OH is 1. The zero-order valence-electron chi connectivity index (χ0n) is 15.3. The molecule has 0 heterocycles. The van der Waals surface area contributed by atoms with Crippen molar-refractivity contribution in [2.75, 3.05) is 59.5 Å². The quantitative estimate of drug-likeness (QED) is 0.368. The molecule has 0 aliphatic carbocycles. The Hall–Kier alpha value is -0.200. The summed E-state index contributed by atoms with van der Waals surface area (Å²) in [6, 6.07) is 0. The number of hydrogen-bond acceptors (Lipinski definition) is 5. The summed E-state index contributed by atoms with van der Waals surface area (Å²) in [5.41, 5.74) is 0. The van der Waals surface area contributed by atoms with Gasteiger partial charge in [0.05, 0.1) is 52.9 Å². The summed E-state index contributed by atoms with van der Waals surface area (Å²) in [5.74, 6) is 0.819. The van der Waals surface area contributed by atoms with Crippen LogP contribution in [0.3, 0.4) is 0 Å². The van der Waals surface area contributed by atoms with Gasteiger partial charge in [-0.3, -0.25) is 0 Å². The monoisotopic (exact) mass is 334 g/mol. The molecule has 0 bridgehead atoms. The Kier molecular flexibility index (Phi) is 19.7. The van der Waals surface area contributed by atoms with Crippen molar-refractivity contribution in [1.29, 1.82) is 0 Å². The summed E-state index contributed by atoms with van der Waals surface area (Å²) in [7, 11) is 0. The highest BCUT2D eigenvalue weighted by Crippen LogP contribution is 2.14. The average Bonchev–Trinajstić information content (AvgIpc) is 2.55. The third-order valence-corrected chi connectivity index (χ3v) is 3.64. The molecule has 0 saturated heterocycles. The number of rotatable bonds is 19. The second kappa shape index (κ2) is 19.8. The van der Waals surface area contributed by atoms with E-state index in [9.17, 15) is 0 Å². The van der Waals surface area contributed by atoms with E-state index < -0.39 is 0 Å². The molecule has 1 unspecified atom stereocenters. The predicted octanol–water partition coefficient (Wildman–Crippen LogP) is 3.04. The van der Waals surface area contributed by atoms with E-state index in [0.717, 1.165) is 18.9 Å². The lowest BCUT2D eigenvalue weighted by Crippen LogP contribution is -2.12. The Balaban J connectivity index is 3.05. The van der Waals surface area contributed by atoms with Gasteiger partial charge in [0.2, 0.25) is 0 Å². The van der Waals surface area contributed by atoms with Gasteiger partial charge in [-0.2, -0.15) is 0 Å². The second-order valence-corrected chi connectivity index (χ2v) is 5.92. The van der Waals surface area contributed by atoms with E-state index in [1.807, 2.05) is 0 Å². The van der Waals surface area contributed by atoms with Crippen molar-refractivity contribution in [1.82, 2.24) is 0 Å². The van der Waals surface area contributed by atoms with Crippen LogP contribution in [0.4, 0.5) is 0 Å². The molecule has 23 heavy (non-hydrogen) atoms. The Labute approximate surface area is 142 Å². The lowest BCUT2D eigenvalue weighted by Gasteiger charge is -2.11. The third kappa shape index (κ3) is 19.8. The molecule has 0 aliphatic heterocycles. The van der Waals surface area contributed by atoms with Crippen molar-refractivity contribution < 1.29 is 24.1 Å². The second-order valence-electron chi connectivity index (χ2n) is 5.92. The van der Waals surface area contributed by atoms with Crippen LogP contribution in [-0.2, 0) is 18.9 Å². The van der Waals surface area contributed by atoms with Crippen molar-refractivity contribution in [3.63, 3.8) is 0 Å². The minimum Gasteiger partial charge on any atom is -0.394 e. The predicted molar refractivity (Wildman–Crippen MR) is 92.9 cm³/mol. The molecule has 0 aromatic carbocycles. The summed E-state index contributed by atoms with van der Waals surface area (Å²) >= 11 is 0. The van der Waals surface area contributed by atoms with Crippen LogP contribution in [0.25, 0.3) is 0 Å². The van der Waals surface area contributed by atoms with Crippen LogP contribution < -0.4 is 0 Å². The molecule has 1 atom stereocenters. The van der Waals surface area contributed by atoms with Crippen molar-refractivity contribution >= 4 is 0 Å². The van der Waals surface area contributed by atoms with Crippen molar-refractivity contribution in [2.45, 2.75) is 52.4 Å². The molecule has 0 aromatic heterocycles. The van der Waals surface area contributed by atoms with Gasteiger partial charge < -0.3 is 24.1 Å². The minimum absolute atomic E-state index is 0.0564. The molecule has 0 radical (unpaired) electrons. The standard InChI is InChI=1S/C18H38O5/c1-3-4-5-7-18(2)8-6-10-20-12-14-22-16-17-23-15-13-21-11-9-19/h18-19H,3-17H2,1-2H3. The Bertz CT molecular complexity index is 214. The molecule has 0 spiro atoms. The molecule has 0 amide bonds. The van der Waals surface area contributed by atoms with Crippen LogP contribution in [0, 0.1) is 5.92 Å². The van der Waals surface area contributed by atoms with Crippen LogP contribution in [0.15, 0.2) is 0 Å². The summed E-state index contributed by atoms with van der Waals surface area (Å²) in [6.07, 6.45) is 7.78. The zero-order chi connectivity index (χ0) is 17.0. The van der Waals surface area contributed by atoms with Crippen molar-refractivity contribution in [3.8, 4) is 0 Å². The number of hydrogen-bond donors (Lipinski definition) is 1. The van der Waals surface area contributed by atoms with E-state index >= 15 is 0 Å². The summed E-state index contributed by atoms with van der Waals surface area (Å²) in [4.78, 5) is 0. The SMILES string of the molecule is CCCCCC(C)CCCOCCOCCOCCOCCO. The van der Waals surface area contributed by atoms with Crippen LogP contribution in [0.2, 0.25) is 0 Å². The zero-order valence-corrected chi connectivity index (χ0v) is 15.3. The number of aliphatic hydroxyl groups is 1. The Morgan fingerprint density at radius 3 is 1.65 bits per heavy atom. The first kappa shape index (κ1) is 22.8. The lowest BCUT2D eigenvalue weighted by atomic mass is 9.98. The molecular formula is C18H38O5. The van der Waals surface area contributed by atoms with E-state index in [2.05, 4.69) is 13.8 Å². The first-order chi connectivity index (χ1) is 11.3. The fourth-order valence-corrected chi connectivity index (χ4v) is 2.25. The van der Waals surface area contributed by atoms with E-state index in [0.29, 0.717) is 46.2 Å². The van der Waals surface area contributed by atoms with Gasteiger partial charge in [0.25, 0.3) is 0 Å². The Morgan fingerprint density at radius 1 is 0.652 bits per heavy atom. The lowest BCUT2D eigenvalue weighted by molar-refractivity contribution is -0.00593. The van der Waals surface area contributed by atoms with E-state index in [1.54, 1.807) is 0 Å². The largest absolute Gasteiger partial charge is 0.394 e. The van der Waals surface area contributed by atoms with Crippen LogP contribution >= 0.6 is 0 Å². The Morgan fingerprint density at radius 2 is 1.13 bits per heavy atom. The van der Waals surface area contributed by atoms with Gasteiger partial charge in [-0.1, -0.05) is 39.5 Å². The maximum absolute atomic E-state index is 8.52. The number of ether oxygens (including phenoxy) is 4. The van der Waals surface area contributed by atoms with Crippen molar-refractivity contribution in [3.05, 3.63) is 0 Å². The fourth-order valence-electron chi connectivity index (χ4n) is 2.25. The first-order valence-corrected chi connectivity index (χ1v) is 9.23. The van der Waals surface area contributed by atoms with Gasteiger partial charge >= 0.3 is 0 Å². The summed E-state index contributed by atoms with van der Waals surface area (Å²) in [5, 5.41) is 8.52. The van der Waals surface area contributed by atoms with Gasteiger partial charge in [0.15, 0.2) is 0 Å². The molecule has 5 nitrogen and oxygen atoms in total.